The average Bonchev–Trinajstić information content (AvgIpc) is 3.03. The van der Waals surface area contributed by atoms with E-state index in [-0.39, 0.29) is 12.0 Å². The van der Waals surface area contributed by atoms with E-state index in [9.17, 15) is 0 Å². The van der Waals surface area contributed by atoms with Gasteiger partial charge < -0.3 is 20.5 Å². The van der Waals surface area contributed by atoms with Crippen molar-refractivity contribution < 1.29 is 4.52 Å². The Morgan fingerprint density at radius 3 is 2.54 bits per heavy atom. The second-order valence-corrected chi connectivity index (χ2v) is 7.14. The van der Waals surface area contributed by atoms with E-state index in [1.54, 1.807) is 0 Å². The van der Waals surface area contributed by atoms with Crippen molar-refractivity contribution in [2.45, 2.75) is 53.8 Å². The summed E-state index contributed by atoms with van der Waals surface area (Å²) in [4.78, 5) is 15.7. The molecule has 0 spiro atoms. The lowest BCUT2D eigenvalue weighted by Gasteiger charge is -2.31. The molecule has 0 aromatic carbocycles. The fraction of sp³-hybridized carbons (Fsp3) is 0.400. The largest absolute Gasteiger partial charge is 0.368 e. The predicted octanol–water partition coefficient (Wildman–Crippen LogP) is 3.39. The molecule has 3 N–H and O–H groups in total. The van der Waals surface area contributed by atoms with Gasteiger partial charge in [0, 0.05) is 17.8 Å². The van der Waals surface area contributed by atoms with E-state index < -0.39 is 0 Å². The lowest BCUT2D eigenvalue weighted by atomic mass is 10.2. The van der Waals surface area contributed by atoms with Gasteiger partial charge in [0.2, 0.25) is 5.95 Å². The molecule has 3 heterocycles. The van der Waals surface area contributed by atoms with Crippen LogP contribution in [0.3, 0.4) is 0 Å². The van der Waals surface area contributed by atoms with Gasteiger partial charge in [-0.15, -0.1) is 0 Å². The molecule has 8 heteroatoms. The van der Waals surface area contributed by atoms with Crippen LogP contribution in [-0.4, -0.2) is 26.2 Å². The lowest BCUT2D eigenvalue weighted by molar-refractivity contribution is 0.391. The van der Waals surface area contributed by atoms with Crippen molar-refractivity contribution in [2.75, 3.05) is 16.0 Å². The van der Waals surface area contributed by atoms with Crippen LogP contribution < -0.4 is 16.0 Å². The molecule has 28 heavy (non-hydrogen) atoms. The van der Waals surface area contributed by atoms with Crippen molar-refractivity contribution in [3.63, 3.8) is 0 Å². The zero-order chi connectivity index (χ0) is 20.3. The number of nitrogens with two attached hydrogens (primary N) is 1. The first kappa shape index (κ1) is 19.6. The van der Waals surface area contributed by atoms with E-state index in [0.29, 0.717) is 18.9 Å². The molecule has 0 saturated heterocycles. The van der Waals surface area contributed by atoms with Gasteiger partial charge in [-0.2, -0.15) is 4.98 Å². The Morgan fingerprint density at radius 2 is 1.89 bits per heavy atom. The quantitative estimate of drug-likeness (QED) is 0.641. The summed E-state index contributed by atoms with van der Waals surface area (Å²) in [5.41, 5.74) is 10.4. The topological polar surface area (TPSA) is 106 Å². The molecular formula is C20H27N7O. The molecule has 0 unspecified atom stereocenters. The van der Waals surface area contributed by atoms with E-state index in [4.69, 9.17) is 10.3 Å². The molecule has 0 amide bonds. The molecule has 0 aliphatic heterocycles. The van der Waals surface area contributed by atoms with Crippen LogP contribution in [0.5, 0.6) is 0 Å². The molecule has 0 radical (unpaired) electrons. The maximum absolute atomic E-state index is 5.92. The van der Waals surface area contributed by atoms with Crippen molar-refractivity contribution in [1.82, 2.24) is 20.1 Å². The van der Waals surface area contributed by atoms with Crippen molar-refractivity contribution >= 4 is 17.5 Å². The minimum absolute atomic E-state index is 0.211. The highest BCUT2D eigenvalue weighted by atomic mass is 16.5. The van der Waals surface area contributed by atoms with Crippen LogP contribution in [0, 0.1) is 20.8 Å². The van der Waals surface area contributed by atoms with E-state index in [1.807, 2.05) is 45.0 Å². The minimum atomic E-state index is 0.211. The summed E-state index contributed by atoms with van der Waals surface area (Å²) < 4.78 is 5.14. The van der Waals surface area contributed by atoms with Crippen LogP contribution in [0.25, 0.3) is 0 Å². The number of nitrogen functional groups attached to an aromatic ring is 1. The molecule has 0 fully saturated rings. The number of rotatable bonds is 7. The van der Waals surface area contributed by atoms with Crippen LogP contribution in [0.4, 0.5) is 17.5 Å². The molecule has 0 bridgehead atoms. The van der Waals surface area contributed by atoms with Gasteiger partial charge in [-0.3, -0.25) is 4.98 Å². The predicted molar refractivity (Wildman–Crippen MR) is 110 cm³/mol. The molecule has 0 atom stereocenters. The molecule has 0 saturated carbocycles. The van der Waals surface area contributed by atoms with Gasteiger partial charge in [-0.25, -0.2) is 4.98 Å². The fourth-order valence-electron chi connectivity index (χ4n) is 3.11. The molecular weight excluding hydrogens is 354 g/mol. The number of nitrogens with zero attached hydrogens (tertiary/aromatic N) is 5. The summed E-state index contributed by atoms with van der Waals surface area (Å²) in [6.07, 6.45) is 0. The van der Waals surface area contributed by atoms with E-state index in [1.165, 1.54) is 0 Å². The second kappa shape index (κ2) is 8.24. The van der Waals surface area contributed by atoms with Crippen LogP contribution in [0.2, 0.25) is 0 Å². The molecule has 0 aliphatic carbocycles. The Hall–Kier alpha value is -3.16. The summed E-state index contributed by atoms with van der Waals surface area (Å²) >= 11 is 0. The fourth-order valence-corrected chi connectivity index (χ4v) is 3.11. The third-order valence-corrected chi connectivity index (χ3v) is 4.38. The van der Waals surface area contributed by atoms with Crippen molar-refractivity contribution in [1.29, 1.82) is 0 Å². The Labute approximate surface area is 165 Å². The minimum Gasteiger partial charge on any atom is -0.368 e. The molecule has 3 rings (SSSR count). The van der Waals surface area contributed by atoms with Gasteiger partial charge in [-0.1, -0.05) is 11.2 Å². The van der Waals surface area contributed by atoms with Crippen LogP contribution in [-0.2, 0) is 13.1 Å². The Bertz CT molecular complexity index is 951. The third-order valence-electron chi connectivity index (χ3n) is 4.38. The van der Waals surface area contributed by atoms with Crippen LogP contribution >= 0.6 is 0 Å². The summed E-state index contributed by atoms with van der Waals surface area (Å²) in [7, 11) is 0. The van der Waals surface area contributed by atoms with Gasteiger partial charge >= 0.3 is 0 Å². The monoisotopic (exact) mass is 381 g/mol. The molecule has 148 valence electrons. The van der Waals surface area contributed by atoms with Crippen molar-refractivity contribution in [3.05, 3.63) is 52.8 Å². The zero-order valence-electron chi connectivity index (χ0n) is 17.0. The normalized spacial score (nSPS) is 11.1. The lowest BCUT2D eigenvalue weighted by Crippen LogP contribution is -2.32. The molecule has 8 nitrogen and oxygen atoms in total. The maximum atomic E-state index is 5.92. The number of aromatic nitrogens is 4. The highest BCUT2D eigenvalue weighted by molar-refractivity contribution is 5.70. The standard InChI is InChI=1S/C20H27N7O/c1-12(2)27(11-16-8-6-7-13(3)23-16)18-15(5)24-20(21)25-19(18)22-10-17-9-14(4)28-26-17/h6-9,12H,10-11H2,1-5H3,(H3,21,22,24,25). The third kappa shape index (κ3) is 4.57. The van der Waals surface area contributed by atoms with Crippen LogP contribution in [0.15, 0.2) is 28.8 Å². The maximum Gasteiger partial charge on any atom is 0.222 e. The number of hydrogen-bond acceptors (Lipinski definition) is 8. The van der Waals surface area contributed by atoms with Gasteiger partial charge in [-0.05, 0) is 46.8 Å². The average molecular weight is 381 g/mol. The number of hydrogen-bond donors (Lipinski definition) is 2. The highest BCUT2D eigenvalue weighted by Gasteiger charge is 2.21. The van der Waals surface area contributed by atoms with E-state index >= 15 is 0 Å². The number of pyridine rings is 1. The summed E-state index contributed by atoms with van der Waals surface area (Å²) in [5, 5.41) is 7.37. The first-order chi connectivity index (χ1) is 13.3. The van der Waals surface area contributed by atoms with Crippen molar-refractivity contribution in [2.24, 2.45) is 0 Å². The zero-order valence-corrected chi connectivity index (χ0v) is 17.0. The Kier molecular flexibility index (Phi) is 5.77. The van der Waals surface area contributed by atoms with Gasteiger partial charge in [0.1, 0.15) is 17.1 Å². The molecule has 3 aromatic rings. The van der Waals surface area contributed by atoms with Gasteiger partial charge in [0.05, 0.1) is 24.5 Å². The summed E-state index contributed by atoms with van der Waals surface area (Å²) in [6.45, 7) is 11.2. The molecule has 0 aliphatic rings. The van der Waals surface area contributed by atoms with Crippen LogP contribution in [0.1, 0.15) is 42.4 Å². The Morgan fingerprint density at radius 1 is 1.11 bits per heavy atom. The smallest absolute Gasteiger partial charge is 0.222 e. The van der Waals surface area contributed by atoms with Gasteiger partial charge in [0.25, 0.3) is 0 Å². The first-order valence-electron chi connectivity index (χ1n) is 9.33. The number of aryl methyl sites for hydroxylation is 3. The highest BCUT2D eigenvalue weighted by Crippen LogP contribution is 2.31. The first-order valence-corrected chi connectivity index (χ1v) is 9.33. The second-order valence-electron chi connectivity index (χ2n) is 7.14. The van der Waals surface area contributed by atoms with Gasteiger partial charge in [0.15, 0.2) is 5.82 Å². The molecule has 3 aromatic heterocycles. The summed E-state index contributed by atoms with van der Waals surface area (Å²) in [6, 6.07) is 8.15. The Balaban J connectivity index is 1.94. The van der Waals surface area contributed by atoms with Crippen molar-refractivity contribution in [3.8, 4) is 0 Å². The summed E-state index contributed by atoms with van der Waals surface area (Å²) in [5.74, 6) is 1.68. The number of anilines is 3. The SMILES string of the molecule is Cc1cccc(CN(c2c(C)nc(N)nc2NCc2cc(C)on2)C(C)C)n1. The van der Waals surface area contributed by atoms with E-state index in [2.05, 4.69) is 44.2 Å². The van der Waals surface area contributed by atoms with E-state index in [0.717, 1.165) is 34.2 Å². The number of nitrogens with one attached hydrogen (secondary N) is 1.